The van der Waals surface area contributed by atoms with Crippen molar-refractivity contribution in [2.24, 2.45) is 0 Å². The lowest BCUT2D eigenvalue weighted by molar-refractivity contribution is -0.384. The zero-order valence-electron chi connectivity index (χ0n) is 13.4. The number of nitrogens with one attached hydrogen (secondary N) is 1. The molecule has 0 fully saturated rings. The van der Waals surface area contributed by atoms with Crippen LogP contribution in [0.5, 0.6) is 0 Å². The van der Waals surface area contributed by atoms with Gasteiger partial charge in [-0.25, -0.2) is 9.78 Å². The zero-order chi connectivity index (χ0) is 18.7. The summed E-state index contributed by atoms with van der Waals surface area (Å²) in [4.78, 5) is 26.1. The number of hydrogen-bond acceptors (Lipinski definition) is 7. The Bertz CT molecular complexity index is 1010. The van der Waals surface area contributed by atoms with Crippen molar-refractivity contribution in [2.75, 3.05) is 0 Å². The number of nitro benzene ring substituents is 1. The number of nitro groups is 1. The molecule has 10 heteroatoms. The summed E-state index contributed by atoms with van der Waals surface area (Å²) in [5, 5.41) is 27.3. The number of carbonyl (C=O) groups is 1. The molecule has 0 amide bonds. The number of nitrogens with zero attached hydrogens (tertiary/aromatic N) is 3. The first-order chi connectivity index (χ1) is 12.4. The van der Waals surface area contributed by atoms with Crippen LogP contribution in [0.4, 0.5) is 5.69 Å². The number of aromatic nitrogens is 3. The molecule has 0 atom stereocenters. The lowest BCUT2D eigenvalue weighted by Gasteiger charge is -1.99. The third kappa shape index (κ3) is 3.81. The van der Waals surface area contributed by atoms with Gasteiger partial charge in [-0.15, -0.1) is 5.10 Å². The Morgan fingerprint density at radius 2 is 2.12 bits per heavy atom. The van der Waals surface area contributed by atoms with Crippen molar-refractivity contribution in [3.63, 3.8) is 0 Å². The van der Waals surface area contributed by atoms with Crippen LogP contribution in [0, 0.1) is 17.0 Å². The molecule has 1 aromatic carbocycles. The predicted octanol–water partition coefficient (Wildman–Crippen LogP) is 3.50. The Morgan fingerprint density at radius 1 is 1.35 bits per heavy atom. The number of benzene rings is 1. The van der Waals surface area contributed by atoms with Crippen molar-refractivity contribution in [3.05, 3.63) is 63.0 Å². The van der Waals surface area contributed by atoms with E-state index in [1.807, 2.05) is 0 Å². The topological polar surface area (TPSA) is 135 Å². The maximum absolute atomic E-state index is 11.4. The summed E-state index contributed by atoms with van der Waals surface area (Å²) < 4.78 is 5.58. The minimum Gasteiger partial charge on any atom is -0.477 e. The standard InChI is InChI=1S/C16H12N4O5S/c1-9-17-16(19-18-9)26-14(15(21)22)8-10-6-7-13(25-10)11-4-2-3-5-12(11)20(23)24/h2-8H,1H3,(H,21,22)(H,17,18,19)/b14-8-. The molecule has 2 aromatic heterocycles. The van der Waals surface area contributed by atoms with Crippen molar-refractivity contribution in [1.82, 2.24) is 15.2 Å². The molecular formula is C16H12N4O5S. The van der Waals surface area contributed by atoms with Crippen molar-refractivity contribution in [3.8, 4) is 11.3 Å². The molecule has 0 bridgehead atoms. The fraction of sp³-hybridized carbons (Fsp3) is 0.0625. The summed E-state index contributed by atoms with van der Waals surface area (Å²) in [7, 11) is 0. The van der Waals surface area contributed by atoms with Gasteiger partial charge in [0.2, 0.25) is 5.16 Å². The lowest BCUT2D eigenvalue weighted by atomic mass is 10.1. The highest BCUT2D eigenvalue weighted by molar-refractivity contribution is 8.04. The lowest BCUT2D eigenvalue weighted by Crippen LogP contribution is -1.97. The first-order valence-electron chi connectivity index (χ1n) is 7.29. The second-order valence-corrected chi connectivity index (χ2v) is 6.10. The number of aryl methyl sites for hydroxylation is 1. The first kappa shape index (κ1) is 17.4. The van der Waals surface area contributed by atoms with Crippen LogP contribution < -0.4 is 0 Å². The number of H-pyrrole nitrogens is 1. The molecule has 0 saturated carbocycles. The Hall–Kier alpha value is -3.40. The number of rotatable bonds is 6. The monoisotopic (exact) mass is 372 g/mol. The van der Waals surface area contributed by atoms with E-state index in [0.29, 0.717) is 11.4 Å². The third-order valence-corrected chi connectivity index (χ3v) is 4.13. The fourth-order valence-corrected chi connectivity index (χ4v) is 2.88. The minimum atomic E-state index is -1.17. The summed E-state index contributed by atoms with van der Waals surface area (Å²) in [5.74, 6) is -0.0858. The van der Waals surface area contributed by atoms with Crippen molar-refractivity contribution in [2.45, 2.75) is 12.1 Å². The van der Waals surface area contributed by atoms with E-state index in [9.17, 15) is 20.0 Å². The molecule has 0 radical (unpaired) electrons. The van der Waals surface area contributed by atoms with E-state index in [1.165, 1.54) is 12.1 Å². The predicted molar refractivity (Wildman–Crippen MR) is 93.4 cm³/mol. The Kier molecular flexibility index (Phi) is 4.85. The highest BCUT2D eigenvalue weighted by Gasteiger charge is 2.18. The van der Waals surface area contributed by atoms with Crippen molar-refractivity contribution < 1.29 is 19.2 Å². The quantitative estimate of drug-likeness (QED) is 0.290. The molecule has 9 nitrogen and oxygen atoms in total. The van der Waals surface area contributed by atoms with Crippen LogP contribution in [-0.4, -0.2) is 31.2 Å². The summed E-state index contributed by atoms with van der Waals surface area (Å²) in [5.41, 5.74) is 0.215. The average Bonchev–Trinajstić information content (AvgIpc) is 3.23. The van der Waals surface area contributed by atoms with E-state index in [0.717, 1.165) is 11.8 Å². The highest BCUT2D eigenvalue weighted by Crippen LogP contribution is 2.32. The maximum Gasteiger partial charge on any atom is 0.342 e. The molecule has 0 unspecified atom stereocenters. The summed E-state index contributed by atoms with van der Waals surface area (Å²) in [6.45, 7) is 1.70. The van der Waals surface area contributed by atoms with Gasteiger partial charge in [0.15, 0.2) is 0 Å². The number of furan rings is 1. The smallest absolute Gasteiger partial charge is 0.342 e. The number of para-hydroxylation sites is 1. The van der Waals surface area contributed by atoms with Crippen LogP contribution in [0.3, 0.4) is 0 Å². The maximum atomic E-state index is 11.4. The second kappa shape index (κ2) is 7.23. The van der Waals surface area contributed by atoms with Gasteiger partial charge in [0.25, 0.3) is 5.69 Å². The van der Waals surface area contributed by atoms with Crippen LogP contribution in [0.25, 0.3) is 17.4 Å². The minimum absolute atomic E-state index is 0.0486. The molecule has 0 saturated heterocycles. The van der Waals surface area contributed by atoms with Gasteiger partial charge in [0.05, 0.1) is 10.5 Å². The molecule has 132 valence electrons. The molecule has 0 spiro atoms. The molecule has 0 aliphatic rings. The van der Waals surface area contributed by atoms with Gasteiger partial charge in [-0.1, -0.05) is 12.1 Å². The van der Waals surface area contributed by atoms with Crippen LogP contribution in [0.1, 0.15) is 11.6 Å². The van der Waals surface area contributed by atoms with Gasteiger partial charge in [-0.05, 0) is 36.9 Å². The van der Waals surface area contributed by atoms with Gasteiger partial charge >= 0.3 is 5.97 Å². The molecular weight excluding hydrogens is 360 g/mol. The number of carboxylic acid groups (broad SMARTS) is 1. The van der Waals surface area contributed by atoms with E-state index in [1.54, 1.807) is 37.3 Å². The van der Waals surface area contributed by atoms with E-state index < -0.39 is 10.9 Å². The van der Waals surface area contributed by atoms with E-state index in [2.05, 4.69) is 15.2 Å². The summed E-state index contributed by atoms with van der Waals surface area (Å²) in [6, 6.07) is 9.24. The number of thioether (sulfide) groups is 1. The molecule has 0 aliphatic carbocycles. The first-order valence-corrected chi connectivity index (χ1v) is 8.11. The SMILES string of the molecule is Cc1nc(S/C(=C\c2ccc(-c3ccccc3[N+](=O)[O-])o2)C(=O)O)n[nH]1. The molecule has 3 aromatic rings. The Balaban J connectivity index is 1.92. The number of aromatic amines is 1. The van der Waals surface area contributed by atoms with Gasteiger partial charge in [-0.2, -0.15) is 0 Å². The summed E-state index contributed by atoms with van der Waals surface area (Å²) >= 11 is 0.865. The van der Waals surface area contributed by atoms with Gasteiger partial charge in [-0.3, -0.25) is 15.2 Å². The molecule has 0 aliphatic heterocycles. The highest BCUT2D eigenvalue weighted by atomic mass is 32.2. The van der Waals surface area contributed by atoms with E-state index >= 15 is 0 Å². The number of hydrogen-bond donors (Lipinski definition) is 2. The van der Waals surface area contributed by atoms with Crippen molar-refractivity contribution in [1.29, 1.82) is 0 Å². The summed E-state index contributed by atoms with van der Waals surface area (Å²) in [6.07, 6.45) is 1.32. The molecule has 26 heavy (non-hydrogen) atoms. The van der Waals surface area contributed by atoms with Crippen LogP contribution in [0.2, 0.25) is 0 Å². The number of aliphatic carboxylic acids is 1. The zero-order valence-corrected chi connectivity index (χ0v) is 14.2. The van der Waals surface area contributed by atoms with Gasteiger partial charge in [0.1, 0.15) is 22.3 Å². The number of carboxylic acids is 1. The Morgan fingerprint density at radius 3 is 2.77 bits per heavy atom. The van der Waals surface area contributed by atoms with Crippen LogP contribution in [-0.2, 0) is 4.79 Å². The fourth-order valence-electron chi connectivity index (χ4n) is 2.15. The van der Waals surface area contributed by atoms with Crippen molar-refractivity contribution >= 4 is 29.5 Å². The normalized spacial score (nSPS) is 11.5. The molecule has 3 rings (SSSR count). The van der Waals surface area contributed by atoms with E-state index in [-0.39, 0.29) is 27.3 Å². The molecule has 2 heterocycles. The van der Waals surface area contributed by atoms with Crippen LogP contribution in [0.15, 0.2) is 50.9 Å². The van der Waals surface area contributed by atoms with Gasteiger partial charge in [0, 0.05) is 12.1 Å². The van der Waals surface area contributed by atoms with E-state index in [4.69, 9.17) is 4.42 Å². The second-order valence-electron chi connectivity index (χ2n) is 5.10. The van der Waals surface area contributed by atoms with Gasteiger partial charge < -0.3 is 9.52 Å². The third-order valence-electron chi connectivity index (χ3n) is 3.26. The van der Waals surface area contributed by atoms with Crippen LogP contribution >= 0.6 is 11.8 Å². The Labute approximate surface area is 150 Å². The largest absolute Gasteiger partial charge is 0.477 e. The average molecular weight is 372 g/mol. The molecule has 2 N–H and O–H groups in total.